The van der Waals surface area contributed by atoms with Gasteiger partial charge in [0.15, 0.2) is 0 Å². The molecule has 0 aliphatic heterocycles. The number of nitro benzene ring substituents is 2. The Balaban J connectivity index is 2.27. The van der Waals surface area contributed by atoms with Gasteiger partial charge < -0.3 is 0 Å². The highest BCUT2D eigenvalue weighted by atomic mass is 16.6. The number of para-hydroxylation sites is 1. The smallest absolute Gasteiger partial charge is 0.258 e. The van der Waals surface area contributed by atoms with Crippen LogP contribution in [0.3, 0.4) is 0 Å². The summed E-state index contributed by atoms with van der Waals surface area (Å²) in [7, 11) is 0. The minimum Gasteiger partial charge on any atom is -0.258 e. The number of nitro groups is 2. The van der Waals surface area contributed by atoms with Crippen molar-refractivity contribution in [2.75, 3.05) is 0 Å². The Kier molecular flexibility index (Phi) is 5.16. The van der Waals surface area contributed by atoms with Gasteiger partial charge in [0.1, 0.15) is 0 Å². The van der Waals surface area contributed by atoms with Gasteiger partial charge in [-0.3, -0.25) is 20.2 Å². The van der Waals surface area contributed by atoms with E-state index >= 15 is 0 Å². The van der Waals surface area contributed by atoms with Gasteiger partial charge in [-0.1, -0.05) is 18.2 Å². The zero-order valence-corrected chi connectivity index (χ0v) is 12.3. The highest BCUT2D eigenvalue weighted by molar-refractivity contribution is 5.79. The highest BCUT2D eigenvalue weighted by Crippen LogP contribution is 2.21. The second-order valence-corrected chi connectivity index (χ2v) is 4.67. The summed E-state index contributed by atoms with van der Waals surface area (Å²) in [5, 5.41) is 30.8. The SMILES string of the molecule is N#C/C(=C/C=C/c1ccccc1[N+](=O)[O-])c1ccc([N+](=O)[O-])cc1. The average molecular weight is 321 g/mol. The fourth-order valence-corrected chi connectivity index (χ4v) is 2.00. The summed E-state index contributed by atoms with van der Waals surface area (Å²) in [5.41, 5.74) is 1.14. The van der Waals surface area contributed by atoms with E-state index < -0.39 is 9.85 Å². The number of benzene rings is 2. The van der Waals surface area contributed by atoms with Gasteiger partial charge >= 0.3 is 0 Å². The lowest BCUT2D eigenvalue weighted by Crippen LogP contribution is -1.90. The molecule has 24 heavy (non-hydrogen) atoms. The first kappa shape index (κ1) is 16.6. The van der Waals surface area contributed by atoms with Crippen LogP contribution in [0.4, 0.5) is 11.4 Å². The first-order chi connectivity index (χ1) is 11.5. The summed E-state index contributed by atoms with van der Waals surface area (Å²) in [4.78, 5) is 20.6. The van der Waals surface area contributed by atoms with Crippen molar-refractivity contribution in [2.45, 2.75) is 0 Å². The Bertz CT molecular complexity index is 877. The number of non-ortho nitro benzene ring substituents is 1. The van der Waals surface area contributed by atoms with Gasteiger partial charge in [0.25, 0.3) is 11.4 Å². The largest absolute Gasteiger partial charge is 0.276 e. The van der Waals surface area contributed by atoms with Gasteiger partial charge in [0.2, 0.25) is 0 Å². The molecule has 7 nitrogen and oxygen atoms in total. The third-order valence-corrected chi connectivity index (χ3v) is 3.18. The first-order valence-corrected chi connectivity index (χ1v) is 6.79. The molecule has 0 unspecified atom stereocenters. The average Bonchev–Trinajstić information content (AvgIpc) is 2.59. The minimum atomic E-state index is -0.520. The van der Waals surface area contributed by atoms with Crippen molar-refractivity contribution in [3.05, 3.63) is 92.0 Å². The van der Waals surface area contributed by atoms with Crippen molar-refractivity contribution in [3.63, 3.8) is 0 Å². The molecule has 0 heterocycles. The van der Waals surface area contributed by atoms with Crippen LogP contribution < -0.4 is 0 Å². The maximum Gasteiger partial charge on any atom is 0.276 e. The summed E-state index contributed by atoms with van der Waals surface area (Å²) in [6, 6.07) is 13.8. The van der Waals surface area contributed by atoms with Crippen LogP contribution in [0.2, 0.25) is 0 Å². The van der Waals surface area contributed by atoms with Gasteiger partial charge in [-0.2, -0.15) is 5.26 Å². The van der Waals surface area contributed by atoms with E-state index in [1.807, 2.05) is 6.07 Å². The van der Waals surface area contributed by atoms with Crippen LogP contribution in [0, 0.1) is 31.6 Å². The zero-order chi connectivity index (χ0) is 17.5. The lowest BCUT2D eigenvalue weighted by Gasteiger charge is -1.98. The van der Waals surface area contributed by atoms with Crippen LogP contribution >= 0.6 is 0 Å². The zero-order valence-electron chi connectivity index (χ0n) is 12.3. The van der Waals surface area contributed by atoms with Gasteiger partial charge in [0.05, 0.1) is 27.1 Å². The van der Waals surface area contributed by atoms with Crippen molar-refractivity contribution in [3.8, 4) is 6.07 Å². The monoisotopic (exact) mass is 321 g/mol. The van der Waals surface area contributed by atoms with E-state index in [0.717, 1.165) is 0 Å². The molecule has 0 aliphatic carbocycles. The van der Waals surface area contributed by atoms with Gasteiger partial charge in [0, 0.05) is 18.2 Å². The number of nitrogens with zero attached hydrogens (tertiary/aromatic N) is 3. The molecule has 118 valence electrons. The minimum absolute atomic E-state index is 0.0315. The topological polar surface area (TPSA) is 110 Å². The molecule has 0 N–H and O–H groups in total. The maximum absolute atomic E-state index is 10.9. The lowest BCUT2D eigenvalue weighted by molar-refractivity contribution is -0.385. The molecule has 0 atom stereocenters. The number of hydrogen-bond acceptors (Lipinski definition) is 5. The van der Waals surface area contributed by atoms with E-state index in [0.29, 0.717) is 16.7 Å². The lowest BCUT2D eigenvalue weighted by atomic mass is 10.1. The van der Waals surface area contributed by atoms with Crippen LogP contribution in [-0.4, -0.2) is 9.85 Å². The molecular weight excluding hydrogens is 310 g/mol. The van der Waals surface area contributed by atoms with Crippen LogP contribution in [0.25, 0.3) is 11.6 Å². The molecule has 0 aromatic heterocycles. The number of rotatable bonds is 5. The number of allylic oxidation sites excluding steroid dienone is 3. The fourth-order valence-electron chi connectivity index (χ4n) is 2.00. The van der Waals surface area contributed by atoms with Gasteiger partial charge in [-0.25, -0.2) is 0 Å². The Labute approximate surface area is 137 Å². The second kappa shape index (κ2) is 7.47. The molecule has 0 saturated heterocycles. The van der Waals surface area contributed by atoms with Crippen LogP contribution in [-0.2, 0) is 0 Å². The molecule has 0 amide bonds. The summed E-state index contributed by atoms with van der Waals surface area (Å²) in [6.45, 7) is 0. The number of nitriles is 1. The van der Waals surface area contributed by atoms with E-state index in [-0.39, 0.29) is 11.4 Å². The van der Waals surface area contributed by atoms with Crippen molar-refractivity contribution >= 4 is 23.0 Å². The van der Waals surface area contributed by atoms with Gasteiger partial charge in [-0.15, -0.1) is 0 Å². The summed E-state index contributed by atoms with van der Waals surface area (Å²) < 4.78 is 0. The highest BCUT2D eigenvalue weighted by Gasteiger charge is 2.09. The van der Waals surface area contributed by atoms with Crippen molar-refractivity contribution in [1.82, 2.24) is 0 Å². The molecule has 2 aromatic rings. The Morgan fingerprint density at radius 1 is 1.00 bits per heavy atom. The van der Waals surface area contributed by atoms with Crippen LogP contribution in [0.1, 0.15) is 11.1 Å². The van der Waals surface area contributed by atoms with E-state index in [1.54, 1.807) is 18.2 Å². The molecule has 2 aromatic carbocycles. The predicted octanol–water partition coefficient (Wildman–Crippen LogP) is 4.12. The molecule has 2 rings (SSSR count). The van der Waals surface area contributed by atoms with Crippen molar-refractivity contribution in [2.24, 2.45) is 0 Å². The van der Waals surface area contributed by atoms with Gasteiger partial charge in [-0.05, 0) is 35.9 Å². The quantitative estimate of drug-likeness (QED) is 0.356. The van der Waals surface area contributed by atoms with E-state index in [4.69, 9.17) is 0 Å². The molecule has 0 radical (unpaired) electrons. The standard InChI is InChI=1S/C17H11N3O4/c18-12-15(13-8-10-16(11-9-13)19(21)22)6-3-5-14-4-1-2-7-17(14)20(23)24/h1-11H/b5-3+,15-6-. The molecule has 0 fully saturated rings. The normalized spacial score (nSPS) is 11.2. The first-order valence-electron chi connectivity index (χ1n) is 6.79. The molecule has 0 saturated carbocycles. The van der Waals surface area contributed by atoms with E-state index in [1.165, 1.54) is 48.6 Å². The Morgan fingerprint density at radius 3 is 2.25 bits per heavy atom. The Morgan fingerprint density at radius 2 is 1.67 bits per heavy atom. The number of hydrogen-bond donors (Lipinski definition) is 0. The molecule has 0 bridgehead atoms. The summed E-state index contributed by atoms with van der Waals surface area (Å²) >= 11 is 0. The molecular formula is C17H11N3O4. The molecule has 0 aliphatic rings. The fraction of sp³-hybridized carbons (Fsp3) is 0. The Hall–Kier alpha value is -3.79. The van der Waals surface area contributed by atoms with Crippen molar-refractivity contribution < 1.29 is 9.85 Å². The third-order valence-electron chi connectivity index (χ3n) is 3.18. The molecule has 0 spiro atoms. The summed E-state index contributed by atoms with van der Waals surface area (Å²) in [5.74, 6) is 0. The van der Waals surface area contributed by atoms with Crippen LogP contribution in [0.5, 0.6) is 0 Å². The summed E-state index contributed by atoms with van der Waals surface area (Å²) in [6.07, 6.45) is 4.56. The maximum atomic E-state index is 10.9. The van der Waals surface area contributed by atoms with E-state index in [2.05, 4.69) is 0 Å². The van der Waals surface area contributed by atoms with Crippen molar-refractivity contribution in [1.29, 1.82) is 5.26 Å². The predicted molar refractivity (Wildman–Crippen MR) is 88.8 cm³/mol. The molecule has 7 heteroatoms. The van der Waals surface area contributed by atoms with E-state index in [9.17, 15) is 25.5 Å². The second-order valence-electron chi connectivity index (χ2n) is 4.67. The third kappa shape index (κ3) is 3.90. The van der Waals surface area contributed by atoms with Crippen LogP contribution in [0.15, 0.2) is 60.7 Å².